The largest absolute Gasteiger partial charge is 0.334 e. The fraction of sp³-hybridized carbons (Fsp3) is 0.647. The van der Waals surface area contributed by atoms with Crippen molar-refractivity contribution in [3.63, 3.8) is 0 Å². The van der Waals surface area contributed by atoms with E-state index in [1.165, 1.54) is 6.08 Å². The summed E-state index contributed by atoms with van der Waals surface area (Å²) in [5.41, 5.74) is -0.868. The summed E-state index contributed by atoms with van der Waals surface area (Å²) >= 11 is 0. The molecule has 2 aliphatic carbocycles. The Labute approximate surface area is 124 Å². The van der Waals surface area contributed by atoms with Crippen molar-refractivity contribution < 1.29 is 19.1 Å². The van der Waals surface area contributed by atoms with Crippen molar-refractivity contribution in [3.8, 4) is 0 Å². The highest BCUT2D eigenvalue weighted by Gasteiger charge is 2.81. The van der Waals surface area contributed by atoms with Gasteiger partial charge in [0.05, 0.1) is 5.41 Å². The maximum absolute atomic E-state index is 12.7. The van der Waals surface area contributed by atoms with Crippen molar-refractivity contribution in [2.45, 2.75) is 58.0 Å². The summed E-state index contributed by atoms with van der Waals surface area (Å²) < 4.78 is 12.0. The summed E-state index contributed by atoms with van der Waals surface area (Å²) in [4.78, 5) is 25.2. The van der Waals surface area contributed by atoms with Gasteiger partial charge in [0, 0.05) is 0 Å². The van der Waals surface area contributed by atoms with Gasteiger partial charge in [-0.15, -0.1) is 0 Å². The molecular formula is C17H20O4. The second-order valence-corrected chi connectivity index (χ2v) is 7.83. The van der Waals surface area contributed by atoms with Crippen molar-refractivity contribution >= 4 is 11.6 Å². The van der Waals surface area contributed by atoms with Crippen LogP contribution in [0.2, 0.25) is 0 Å². The number of fused-ring (bicyclic) bond motifs is 4. The molecule has 4 aliphatic rings. The zero-order valence-electron chi connectivity index (χ0n) is 12.9. The van der Waals surface area contributed by atoms with Crippen molar-refractivity contribution in [2.24, 2.45) is 10.8 Å². The summed E-state index contributed by atoms with van der Waals surface area (Å²) in [6.07, 6.45) is 5.98. The van der Waals surface area contributed by atoms with Crippen LogP contribution in [-0.2, 0) is 19.1 Å². The quantitative estimate of drug-likeness (QED) is 0.686. The first kappa shape index (κ1) is 13.4. The molecule has 4 heteroatoms. The predicted molar refractivity (Wildman–Crippen MR) is 75.5 cm³/mol. The highest BCUT2D eigenvalue weighted by Crippen LogP contribution is 2.68. The third kappa shape index (κ3) is 1.38. The summed E-state index contributed by atoms with van der Waals surface area (Å²) in [5, 5.41) is 0. The Morgan fingerprint density at radius 1 is 1.19 bits per heavy atom. The number of Topliss-reactive ketones (excluding diaryl/α,β-unsaturated/α-hetero) is 1. The van der Waals surface area contributed by atoms with Crippen molar-refractivity contribution in [3.05, 3.63) is 23.8 Å². The van der Waals surface area contributed by atoms with Gasteiger partial charge in [0.1, 0.15) is 0 Å². The Hall–Kier alpha value is -1.26. The van der Waals surface area contributed by atoms with Crippen LogP contribution in [0.5, 0.6) is 0 Å². The second kappa shape index (κ2) is 3.39. The first-order valence-electron chi connectivity index (χ1n) is 7.53. The van der Waals surface area contributed by atoms with Gasteiger partial charge in [-0.25, -0.2) is 0 Å². The number of ether oxygens (including phenoxy) is 2. The van der Waals surface area contributed by atoms with Crippen LogP contribution in [0.4, 0.5) is 0 Å². The number of hydrogen-bond donors (Lipinski definition) is 0. The van der Waals surface area contributed by atoms with Crippen LogP contribution in [0.3, 0.4) is 0 Å². The molecule has 112 valence electrons. The van der Waals surface area contributed by atoms with E-state index in [1.54, 1.807) is 0 Å². The van der Waals surface area contributed by atoms with E-state index >= 15 is 0 Å². The highest BCUT2D eigenvalue weighted by molar-refractivity contribution is 6.09. The summed E-state index contributed by atoms with van der Waals surface area (Å²) in [7, 11) is 0. The zero-order chi connectivity index (χ0) is 15.3. The van der Waals surface area contributed by atoms with E-state index in [0.29, 0.717) is 0 Å². The molecule has 21 heavy (non-hydrogen) atoms. The fourth-order valence-electron chi connectivity index (χ4n) is 3.87. The topological polar surface area (TPSA) is 52.6 Å². The highest BCUT2D eigenvalue weighted by atomic mass is 16.8. The van der Waals surface area contributed by atoms with E-state index in [2.05, 4.69) is 20.8 Å². The molecule has 4 rings (SSSR count). The summed E-state index contributed by atoms with van der Waals surface area (Å²) in [6.45, 7) is 8.04. The molecule has 3 fully saturated rings. The average Bonchev–Trinajstić information content (AvgIpc) is 3.09. The van der Waals surface area contributed by atoms with Gasteiger partial charge in [-0.2, -0.15) is 0 Å². The van der Waals surface area contributed by atoms with Gasteiger partial charge >= 0.3 is 0 Å². The van der Waals surface area contributed by atoms with Crippen molar-refractivity contribution in [2.75, 3.05) is 0 Å². The molecule has 4 nitrogen and oxygen atoms in total. The van der Waals surface area contributed by atoms with Crippen molar-refractivity contribution in [1.29, 1.82) is 0 Å². The number of carbonyl (C=O) groups is 2. The van der Waals surface area contributed by atoms with Crippen LogP contribution in [0.25, 0.3) is 0 Å². The molecule has 0 amide bonds. The first-order valence-corrected chi connectivity index (χ1v) is 7.53. The Kier molecular flexibility index (Phi) is 2.16. The van der Waals surface area contributed by atoms with Gasteiger partial charge in [-0.05, 0) is 42.9 Å². The molecule has 2 spiro atoms. The Balaban J connectivity index is 1.83. The van der Waals surface area contributed by atoms with Crippen LogP contribution in [-0.4, -0.2) is 29.1 Å². The molecule has 0 aromatic rings. The second-order valence-electron chi connectivity index (χ2n) is 7.83. The number of rotatable bonds is 0. The lowest BCUT2D eigenvalue weighted by Crippen LogP contribution is -2.57. The van der Waals surface area contributed by atoms with Crippen LogP contribution >= 0.6 is 0 Å². The summed E-state index contributed by atoms with van der Waals surface area (Å²) in [5.74, 6) is -1.09. The average molecular weight is 288 g/mol. The normalized spacial score (nSPS) is 43.0. The fourth-order valence-corrected chi connectivity index (χ4v) is 3.87. The third-order valence-electron chi connectivity index (χ3n) is 5.46. The Bertz CT molecular complexity index is 632. The lowest BCUT2D eigenvalue weighted by atomic mass is 9.73. The zero-order valence-corrected chi connectivity index (χ0v) is 12.9. The molecule has 0 radical (unpaired) electrons. The van der Waals surface area contributed by atoms with Crippen LogP contribution < -0.4 is 0 Å². The smallest absolute Gasteiger partial charge is 0.194 e. The van der Waals surface area contributed by atoms with Gasteiger partial charge in [0.2, 0.25) is 0 Å². The van der Waals surface area contributed by atoms with E-state index in [-0.39, 0.29) is 17.0 Å². The van der Waals surface area contributed by atoms with E-state index in [1.807, 2.05) is 19.1 Å². The standard InChI is InChI=1S/C17H20O4/c1-14(2,3)10-5-6-11(18)17(9-10)13-12(19)16(7-8-16)15(4,20-13)21-17/h5-6,9,13H,7-8H2,1-4H3. The number of ketones is 2. The molecule has 0 aromatic heterocycles. The molecule has 2 heterocycles. The minimum Gasteiger partial charge on any atom is -0.334 e. The van der Waals surface area contributed by atoms with Gasteiger partial charge in [-0.1, -0.05) is 26.8 Å². The lowest BCUT2D eigenvalue weighted by molar-refractivity contribution is -0.198. The molecule has 1 saturated carbocycles. The molecule has 0 aromatic carbocycles. The Morgan fingerprint density at radius 2 is 1.86 bits per heavy atom. The maximum atomic E-state index is 12.7. The minimum atomic E-state index is -1.25. The van der Waals surface area contributed by atoms with E-state index in [9.17, 15) is 9.59 Å². The predicted octanol–water partition coefficient (Wildman–Crippen LogP) is 2.33. The molecule has 0 N–H and O–H groups in total. The number of hydrogen-bond acceptors (Lipinski definition) is 4. The van der Waals surface area contributed by atoms with E-state index in [0.717, 1.165) is 18.4 Å². The van der Waals surface area contributed by atoms with Gasteiger partial charge < -0.3 is 9.47 Å². The number of allylic oxidation sites excluding steroid dienone is 2. The molecule has 3 unspecified atom stereocenters. The van der Waals surface area contributed by atoms with E-state index in [4.69, 9.17) is 9.47 Å². The number of carbonyl (C=O) groups excluding carboxylic acids is 2. The Morgan fingerprint density at radius 3 is 2.38 bits per heavy atom. The molecule has 2 saturated heterocycles. The van der Waals surface area contributed by atoms with Crippen LogP contribution in [0.15, 0.2) is 23.8 Å². The molecule has 2 aliphatic heterocycles. The molecule has 2 bridgehead atoms. The van der Waals surface area contributed by atoms with Crippen LogP contribution in [0, 0.1) is 10.8 Å². The first-order chi connectivity index (χ1) is 9.65. The SMILES string of the molecule is CC(C)(C)C1=CC2(OC3(C)OC2C(=O)C32CC2)C(=O)C=C1. The minimum absolute atomic E-state index is 0.0457. The van der Waals surface area contributed by atoms with Crippen LogP contribution in [0.1, 0.15) is 40.5 Å². The van der Waals surface area contributed by atoms with Gasteiger partial charge in [0.25, 0.3) is 0 Å². The molecular weight excluding hydrogens is 268 g/mol. The van der Waals surface area contributed by atoms with Gasteiger partial charge in [-0.3, -0.25) is 9.59 Å². The maximum Gasteiger partial charge on any atom is 0.194 e. The lowest BCUT2D eigenvalue weighted by Gasteiger charge is -2.39. The molecule has 3 atom stereocenters. The van der Waals surface area contributed by atoms with Crippen molar-refractivity contribution in [1.82, 2.24) is 0 Å². The third-order valence-corrected chi connectivity index (χ3v) is 5.46. The summed E-state index contributed by atoms with van der Waals surface area (Å²) in [6, 6.07) is 0. The monoisotopic (exact) mass is 288 g/mol. The van der Waals surface area contributed by atoms with E-state index < -0.39 is 22.9 Å². The van der Waals surface area contributed by atoms with Gasteiger partial charge in [0.15, 0.2) is 29.1 Å².